The number of likely N-dealkylation sites (tertiary alicyclic amines) is 1. The second-order valence-electron chi connectivity index (χ2n) is 2.99. The monoisotopic (exact) mass is 284 g/mol. The van der Waals surface area contributed by atoms with E-state index < -0.39 is 0 Å². The standard InChI is InChI=1S/C7H15N.CH5N.Ce/c1-7-3-5-8(2)6-4-7;1-2;/h7H,3-6H2,1-2H3;2H2,1H3;. The number of rotatable bonds is 0. The molecule has 1 heterocycles. The van der Waals surface area contributed by atoms with Gasteiger partial charge in [0.25, 0.3) is 0 Å². The van der Waals surface area contributed by atoms with Gasteiger partial charge in [0, 0.05) is 41.7 Å². The molecule has 0 unspecified atom stereocenters. The quantitative estimate of drug-likeness (QED) is 0.717. The van der Waals surface area contributed by atoms with Crippen LogP contribution in [0.15, 0.2) is 0 Å². The molecular weight excluding hydrogens is 264 g/mol. The third kappa shape index (κ3) is 7.65. The Bertz CT molecular complexity index is 60.5. The Balaban J connectivity index is 0. The van der Waals surface area contributed by atoms with Crippen molar-refractivity contribution in [1.29, 1.82) is 0 Å². The van der Waals surface area contributed by atoms with E-state index in [9.17, 15) is 0 Å². The predicted molar refractivity (Wildman–Crippen MR) is 46.0 cm³/mol. The van der Waals surface area contributed by atoms with Crippen LogP contribution in [0.4, 0.5) is 0 Å². The van der Waals surface area contributed by atoms with Crippen molar-refractivity contribution < 1.29 is 41.7 Å². The van der Waals surface area contributed by atoms with E-state index in [-0.39, 0.29) is 41.7 Å². The average molecular weight is 284 g/mol. The van der Waals surface area contributed by atoms with Crippen LogP contribution in [0.1, 0.15) is 19.8 Å². The van der Waals surface area contributed by atoms with Crippen LogP contribution in [-0.4, -0.2) is 32.1 Å². The van der Waals surface area contributed by atoms with E-state index >= 15 is 0 Å². The molecule has 0 atom stereocenters. The fourth-order valence-corrected chi connectivity index (χ4v) is 1.14. The molecule has 0 aromatic carbocycles. The smallest absolute Gasteiger partial charge is 0 e. The van der Waals surface area contributed by atoms with E-state index in [1.807, 2.05) is 0 Å². The minimum absolute atomic E-state index is 0. The molecule has 1 aliphatic heterocycles. The van der Waals surface area contributed by atoms with E-state index in [1.165, 1.54) is 33.0 Å². The Hall–Kier alpha value is 1.30. The first-order chi connectivity index (χ1) is 4.79. The molecule has 11 heavy (non-hydrogen) atoms. The molecule has 0 bridgehead atoms. The SMILES string of the molecule is CC1CCN(C)CC1.CN.[Ce]. The summed E-state index contributed by atoms with van der Waals surface area (Å²) in [5.41, 5.74) is 4.50. The van der Waals surface area contributed by atoms with Crippen LogP contribution < -0.4 is 5.73 Å². The van der Waals surface area contributed by atoms with Gasteiger partial charge in [-0.3, -0.25) is 0 Å². The predicted octanol–water partition coefficient (Wildman–Crippen LogP) is 0.923. The fourth-order valence-electron chi connectivity index (χ4n) is 1.14. The molecule has 66 valence electrons. The van der Waals surface area contributed by atoms with Crippen molar-refractivity contribution in [1.82, 2.24) is 4.90 Å². The Morgan fingerprint density at radius 1 is 1.18 bits per heavy atom. The fraction of sp³-hybridized carbons (Fsp3) is 1.00. The Morgan fingerprint density at radius 3 is 1.82 bits per heavy atom. The minimum Gasteiger partial charge on any atom is -0.333 e. The molecular formula is C8H20CeN2. The summed E-state index contributed by atoms with van der Waals surface area (Å²) in [4.78, 5) is 2.40. The molecule has 1 saturated heterocycles. The molecule has 2 nitrogen and oxygen atoms in total. The Labute approximate surface area is 104 Å². The van der Waals surface area contributed by atoms with Crippen LogP contribution in [-0.2, 0) is 0 Å². The molecule has 0 spiro atoms. The van der Waals surface area contributed by atoms with Crippen molar-refractivity contribution in [2.45, 2.75) is 19.8 Å². The van der Waals surface area contributed by atoms with Gasteiger partial charge in [0.15, 0.2) is 0 Å². The number of piperidine rings is 1. The first-order valence-electron chi connectivity index (χ1n) is 4.05. The summed E-state index contributed by atoms with van der Waals surface area (Å²) in [6, 6.07) is 0. The summed E-state index contributed by atoms with van der Waals surface area (Å²) in [6.07, 6.45) is 2.80. The topological polar surface area (TPSA) is 29.3 Å². The average Bonchev–Trinajstić information content (AvgIpc) is 2.00. The van der Waals surface area contributed by atoms with Crippen LogP contribution in [0.25, 0.3) is 0 Å². The Kier molecular flexibility index (Phi) is 12.6. The molecule has 1 aliphatic rings. The van der Waals surface area contributed by atoms with Gasteiger partial charge in [0.2, 0.25) is 0 Å². The van der Waals surface area contributed by atoms with Crippen molar-refractivity contribution in [3.8, 4) is 0 Å². The van der Waals surface area contributed by atoms with Gasteiger partial charge in [-0.15, -0.1) is 0 Å². The minimum atomic E-state index is 0. The van der Waals surface area contributed by atoms with Crippen LogP contribution in [0.2, 0.25) is 0 Å². The van der Waals surface area contributed by atoms with Gasteiger partial charge in [-0.2, -0.15) is 0 Å². The first kappa shape index (κ1) is 14.8. The molecule has 0 aromatic heterocycles. The van der Waals surface area contributed by atoms with E-state index in [2.05, 4.69) is 24.6 Å². The van der Waals surface area contributed by atoms with Crippen LogP contribution >= 0.6 is 0 Å². The van der Waals surface area contributed by atoms with Gasteiger partial charge >= 0.3 is 0 Å². The molecule has 2 N–H and O–H groups in total. The van der Waals surface area contributed by atoms with Crippen molar-refractivity contribution in [2.24, 2.45) is 11.7 Å². The molecule has 0 aliphatic carbocycles. The summed E-state index contributed by atoms with van der Waals surface area (Å²) in [7, 11) is 3.70. The second kappa shape index (κ2) is 9.39. The van der Waals surface area contributed by atoms with Crippen molar-refractivity contribution in [3.63, 3.8) is 0 Å². The second-order valence-corrected chi connectivity index (χ2v) is 2.99. The largest absolute Gasteiger partial charge is 0.333 e. The summed E-state index contributed by atoms with van der Waals surface area (Å²) in [5.74, 6) is 0.978. The summed E-state index contributed by atoms with van der Waals surface area (Å²) >= 11 is 0. The third-order valence-electron chi connectivity index (χ3n) is 2.01. The molecule has 0 amide bonds. The van der Waals surface area contributed by atoms with Gasteiger partial charge < -0.3 is 10.6 Å². The van der Waals surface area contributed by atoms with Gasteiger partial charge in [-0.1, -0.05) is 6.92 Å². The van der Waals surface area contributed by atoms with Crippen LogP contribution in [0.5, 0.6) is 0 Å². The molecule has 0 saturated carbocycles. The maximum absolute atomic E-state index is 4.50. The molecule has 1 rings (SSSR count). The normalized spacial score (nSPS) is 19.6. The van der Waals surface area contributed by atoms with Crippen LogP contribution in [0, 0.1) is 47.7 Å². The molecule has 0 aromatic rings. The Morgan fingerprint density at radius 2 is 1.55 bits per heavy atom. The zero-order valence-electron chi connectivity index (χ0n) is 7.93. The van der Waals surface area contributed by atoms with Crippen molar-refractivity contribution >= 4 is 0 Å². The van der Waals surface area contributed by atoms with E-state index in [0.29, 0.717) is 0 Å². The summed E-state index contributed by atoms with van der Waals surface area (Å²) in [6.45, 7) is 4.95. The molecule has 0 radical (unpaired) electrons. The van der Waals surface area contributed by atoms with E-state index in [4.69, 9.17) is 0 Å². The molecule has 3 heteroatoms. The zero-order valence-corrected chi connectivity index (χ0v) is 11.1. The number of hydrogen-bond donors (Lipinski definition) is 1. The molecule has 1 fully saturated rings. The summed E-state index contributed by atoms with van der Waals surface area (Å²) in [5, 5.41) is 0. The summed E-state index contributed by atoms with van der Waals surface area (Å²) < 4.78 is 0. The van der Waals surface area contributed by atoms with Crippen molar-refractivity contribution in [2.75, 3.05) is 27.2 Å². The van der Waals surface area contributed by atoms with Gasteiger partial charge in [-0.05, 0) is 45.9 Å². The van der Waals surface area contributed by atoms with Crippen LogP contribution in [0.3, 0.4) is 0 Å². The van der Waals surface area contributed by atoms with E-state index in [0.717, 1.165) is 5.92 Å². The van der Waals surface area contributed by atoms with E-state index in [1.54, 1.807) is 0 Å². The third-order valence-corrected chi connectivity index (χ3v) is 2.01. The first-order valence-corrected chi connectivity index (χ1v) is 4.05. The number of nitrogens with zero attached hydrogens (tertiary/aromatic N) is 1. The maximum atomic E-state index is 4.50. The van der Waals surface area contributed by atoms with Gasteiger partial charge in [0.05, 0.1) is 0 Å². The van der Waals surface area contributed by atoms with Crippen molar-refractivity contribution in [3.05, 3.63) is 0 Å². The van der Waals surface area contributed by atoms with Gasteiger partial charge in [0.1, 0.15) is 0 Å². The number of hydrogen-bond acceptors (Lipinski definition) is 2. The zero-order chi connectivity index (χ0) is 7.98. The maximum Gasteiger partial charge on any atom is 0 e. The van der Waals surface area contributed by atoms with Gasteiger partial charge in [-0.25, -0.2) is 0 Å². The number of nitrogens with two attached hydrogens (primary N) is 1.